The van der Waals surface area contributed by atoms with Gasteiger partial charge in [-0.05, 0) is 72.3 Å². The molecular weight excluding hydrogens is 1810 g/mol. The summed E-state index contributed by atoms with van der Waals surface area (Å²) >= 11 is 0. The molecule has 4 aliphatic rings. The van der Waals surface area contributed by atoms with Crippen LogP contribution in [0.3, 0.4) is 0 Å². The van der Waals surface area contributed by atoms with E-state index in [4.69, 9.17) is 99.5 Å². The molecule has 4 heterocycles. The fraction of sp³-hybridized carbons (Fsp3) is 0.336. The smallest absolute Gasteiger partial charge is 0.303 e. The van der Waals surface area contributed by atoms with E-state index >= 15 is 0 Å². The Morgan fingerprint density at radius 1 is 0.245 bits per heavy atom. The number of ether oxygens (including phenoxy) is 21. The lowest BCUT2D eigenvalue weighted by Crippen LogP contribution is -2.70. The van der Waals surface area contributed by atoms with Crippen molar-refractivity contribution in [2.24, 2.45) is 0 Å². The van der Waals surface area contributed by atoms with Crippen molar-refractivity contribution in [1.29, 1.82) is 0 Å². The molecule has 2 N–H and O–H groups in total. The van der Waals surface area contributed by atoms with Crippen LogP contribution in [0.5, 0.6) is 0 Å². The molecule has 3 unspecified atom stereocenters. The van der Waals surface area contributed by atoms with Gasteiger partial charge in [0, 0.05) is 6.92 Å². The zero-order valence-electron chi connectivity index (χ0n) is 80.1. The summed E-state index contributed by atoms with van der Waals surface area (Å²) in [5.74, 6) is -0.810. The van der Waals surface area contributed by atoms with Gasteiger partial charge in [-0.2, -0.15) is 0 Å². The second kappa shape index (κ2) is 55.0. The van der Waals surface area contributed by atoms with E-state index in [0.717, 1.165) is 66.8 Å². The predicted octanol–water partition coefficient (Wildman–Crippen LogP) is 18.5. The van der Waals surface area contributed by atoms with Crippen LogP contribution in [-0.4, -0.2) is 178 Å². The molecule has 4 saturated heterocycles. The maximum absolute atomic E-state index is 14.0. The fourth-order valence-corrected chi connectivity index (χ4v) is 18.2. The Balaban J connectivity index is 0.836. The number of hydrogen-bond acceptors (Lipinski definition) is 24. The zero-order valence-corrected chi connectivity index (χ0v) is 80.1. The Morgan fingerprint density at radius 2 is 0.483 bits per heavy atom. The maximum atomic E-state index is 14.0. The average molecular weight is 1940 g/mol. The van der Waals surface area contributed by atoms with Gasteiger partial charge in [0.25, 0.3) is 0 Å². The van der Waals surface area contributed by atoms with Gasteiger partial charge in [0.2, 0.25) is 0 Å². The van der Waals surface area contributed by atoms with Gasteiger partial charge in [0.15, 0.2) is 31.3 Å². The standard InChI is InChI=1S/C119H126O24/c1-84(121)136-98(67-120)103-110(111(112(116(122)139-103)132-77-94-59-33-11-34-60-94)143-119-115(135-80-97-65-39-14-40-66-97)109(131-76-93-57-31-10-32-58-93)107(129-74-91-53-27-8-28-54-91)104(140-119)99(126-71-88-47-21-5-22-48-88)81-123-68-85-41-15-2-16-42-85)142-118-114(134-79-96-63-37-13-38-64-96)108(130-75-92-55-29-9-30-56-92)105(101(138-118)83-125-70-87-45-19-4-20-46-87)141-117-113(133-78-95-61-35-12-36-62-95)106(128-73-90-51-25-7-26-52-90)102(127-72-89-49-23-6-24-50-89)100(137-117)82-124-69-86-43-17-3-18-44-86/h2-66,98-120,122H,67-83H2,1H3/t98?,99?,100-,101-,102+,103?,104-,105-,106-,107+,108-,109+,110+,111+,112+,113+,114+,115+,116-,117+,118+,119-/m0/s1. The zero-order chi connectivity index (χ0) is 97.6. The number of benzene rings is 13. The number of carbonyl (C=O) groups excluding carboxylic acids is 1. The first-order valence-corrected chi connectivity index (χ1v) is 49.1. The summed E-state index contributed by atoms with van der Waals surface area (Å²) in [6.07, 6.45) is -30.2. The Kier molecular flexibility index (Phi) is 39.5. The third-order valence-electron chi connectivity index (χ3n) is 25.4. The second-order valence-electron chi connectivity index (χ2n) is 35.9. The molecule has 24 nitrogen and oxygen atoms in total. The molecule has 13 aromatic rings. The predicted molar refractivity (Wildman–Crippen MR) is 533 cm³/mol. The molecule has 0 aliphatic carbocycles. The normalized spacial score (nSPS) is 24.8. The molecule has 22 atom stereocenters. The van der Waals surface area contributed by atoms with E-state index in [1.807, 2.05) is 394 Å². The molecule has 0 amide bonds. The number of esters is 1. The maximum Gasteiger partial charge on any atom is 0.303 e. The van der Waals surface area contributed by atoms with E-state index in [2.05, 4.69) is 0 Å². The third kappa shape index (κ3) is 30.3. The summed E-state index contributed by atoms with van der Waals surface area (Å²) in [5, 5.41) is 25.6. The number of hydrogen-bond donors (Lipinski definition) is 2. The van der Waals surface area contributed by atoms with Crippen LogP contribution >= 0.6 is 0 Å². The third-order valence-corrected chi connectivity index (χ3v) is 25.4. The van der Waals surface area contributed by atoms with Gasteiger partial charge in [0.1, 0.15) is 104 Å². The highest BCUT2D eigenvalue weighted by atomic mass is 16.8. The summed E-state index contributed by atoms with van der Waals surface area (Å²) in [6.45, 7) is 0.618. The highest BCUT2D eigenvalue weighted by Gasteiger charge is 2.61. The van der Waals surface area contributed by atoms with Crippen molar-refractivity contribution in [1.82, 2.24) is 0 Å². The van der Waals surface area contributed by atoms with Crippen molar-refractivity contribution in [3.05, 3.63) is 467 Å². The van der Waals surface area contributed by atoms with Gasteiger partial charge in [-0.3, -0.25) is 4.79 Å². The summed E-state index contributed by atoms with van der Waals surface area (Å²) in [6, 6.07) is 127. The number of rotatable bonds is 52. The molecule has 4 aliphatic heterocycles. The molecule has 0 spiro atoms. The van der Waals surface area contributed by atoms with E-state index < -0.39 is 148 Å². The molecule has 17 rings (SSSR count). The van der Waals surface area contributed by atoms with Crippen LogP contribution in [0.1, 0.15) is 79.2 Å². The molecule has 0 saturated carbocycles. The van der Waals surface area contributed by atoms with Crippen LogP contribution in [-0.2, 0) is 190 Å². The molecule has 24 heteroatoms. The first-order chi connectivity index (χ1) is 70.6. The van der Waals surface area contributed by atoms with Crippen molar-refractivity contribution in [3.63, 3.8) is 0 Å². The second-order valence-corrected chi connectivity index (χ2v) is 35.9. The van der Waals surface area contributed by atoms with Gasteiger partial charge < -0.3 is 110 Å². The molecule has 0 radical (unpaired) electrons. The number of aliphatic hydroxyl groups is 2. The molecule has 143 heavy (non-hydrogen) atoms. The Morgan fingerprint density at radius 3 is 0.804 bits per heavy atom. The number of aliphatic hydroxyl groups excluding tert-OH is 2. The van der Waals surface area contributed by atoms with Gasteiger partial charge >= 0.3 is 5.97 Å². The Hall–Kier alpha value is -11.6. The molecule has 0 bridgehead atoms. The summed E-state index contributed by atoms with van der Waals surface area (Å²) in [4.78, 5) is 14.0. The molecule has 4 fully saturated rings. The SMILES string of the molecule is CC(=O)OC(CO)C1O[C@H](O)[C@H](OCc2ccccc2)[C@H](O[C@@H]2O[C@@H](C(COCc3ccccc3)OCc3ccccc3)[C@@H](OCc3ccccc3)[C@@H](OCc3ccccc3)[C@H]2OCc2ccccc2)[C@@H]1O[C@H]1O[C@@H](COCc2ccccc2)[C@H](O[C@H]2O[C@@H](COCc3ccccc3)[C@@H](OCc3ccccc3)[C@H](OCc3ccccc3)[C@H]2OCc2ccccc2)[C@H](OCc2ccccc2)[C@H]1OCc1ccccc1. The summed E-state index contributed by atoms with van der Waals surface area (Å²) in [5.41, 5.74) is 10.8. The van der Waals surface area contributed by atoms with E-state index in [1.54, 1.807) is 0 Å². The lowest BCUT2D eigenvalue weighted by Gasteiger charge is -2.53. The first-order valence-electron chi connectivity index (χ1n) is 49.1. The van der Waals surface area contributed by atoms with Crippen LogP contribution in [0.25, 0.3) is 0 Å². The lowest BCUT2D eigenvalue weighted by atomic mass is 9.92. The minimum Gasteiger partial charge on any atom is -0.457 e. The van der Waals surface area contributed by atoms with E-state index in [9.17, 15) is 15.0 Å². The molecule has 0 aromatic heterocycles. The quantitative estimate of drug-likeness (QED) is 0.0336. The Labute approximate surface area is 836 Å². The highest BCUT2D eigenvalue weighted by Crippen LogP contribution is 2.43. The van der Waals surface area contributed by atoms with Crippen LogP contribution in [0.15, 0.2) is 394 Å². The molecule has 13 aromatic carbocycles. The molecule has 746 valence electrons. The Bertz CT molecular complexity index is 5710. The largest absolute Gasteiger partial charge is 0.457 e. The van der Waals surface area contributed by atoms with Crippen LogP contribution in [0, 0.1) is 0 Å². The monoisotopic (exact) mass is 1940 g/mol. The van der Waals surface area contributed by atoms with E-state index in [1.165, 1.54) is 6.92 Å². The number of carbonyl (C=O) groups is 1. The minimum absolute atomic E-state index is 0.0225. The average Bonchev–Trinajstić information content (AvgIpc) is 0.750. The van der Waals surface area contributed by atoms with Crippen molar-refractivity contribution in [2.75, 3.05) is 26.4 Å². The fourth-order valence-electron chi connectivity index (χ4n) is 18.2. The van der Waals surface area contributed by atoms with Crippen molar-refractivity contribution in [2.45, 2.75) is 228 Å². The summed E-state index contributed by atoms with van der Waals surface area (Å²) in [7, 11) is 0. The van der Waals surface area contributed by atoms with Crippen LogP contribution in [0.2, 0.25) is 0 Å². The van der Waals surface area contributed by atoms with Gasteiger partial charge in [-0.1, -0.05) is 394 Å². The van der Waals surface area contributed by atoms with Gasteiger partial charge in [-0.25, -0.2) is 0 Å². The summed E-state index contributed by atoms with van der Waals surface area (Å²) < 4.78 is 156. The lowest BCUT2D eigenvalue weighted by molar-refractivity contribution is -0.409. The van der Waals surface area contributed by atoms with Crippen LogP contribution < -0.4 is 0 Å². The first kappa shape index (κ1) is 103. The topological polar surface area (TPSA) is 251 Å². The van der Waals surface area contributed by atoms with Crippen LogP contribution in [0.4, 0.5) is 0 Å². The van der Waals surface area contributed by atoms with Gasteiger partial charge in [-0.15, -0.1) is 0 Å². The van der Waals surface area contributed by atoms with E-state index in [-0.39, 0.29) is 106 Å². The van der Waals surface area contributed by atoms with E-state index in [0.29, 0.717) is 5.56 Å². The minimum atomic E-state index is -1.98. The van der Waals surface area contributed by atoms with Crippen molar-refractivity contribution >= 4 is 5.97 Å². The highest BCUT2D eigenvalue weighted by molar-refractivity contribution is 5.66. The molecular formula is C119H126O24. The van der Waals surface area contributed by atoms with Crippen molar-refractivity contribution in [3.8, 4) is 0 Å². The van der Waals surface area contributed by atoms with Gasteiger partial charge in [0.05, 0.1) is 112 Å². The van der Waals surface area contributed by atoms with Crippen molar-refractivity contribution < 1.29 is 114 Å².